The average molecular weight is 376 g/mol. The molecule has 1 heterocycles. The first kappa shape index (κ1) is 20.3. The van der Waals surface area contributed by atoms with E-state index < -0.39 is 0 Å². The smallest absolute Gasteiger partial charge is 0.131 e. The zero-order valence-corrected chi connectivity index (χ0v) is 17.0. The monoisotopic (exact) mass is 375 g/mol. The summed E-state index contributed by atoms with van der Waals surface area (Å²) >= 11 is 0. The molecule has 0 saturated heterocycles. The van der Waals surface area contributed by atoms with Gasteiger partial charge in [-0.2, -0.15) is 0 Å². The third-order valence-electron chi connectivity index (χ3n) is 5.24. The van der Waals surface area contributed by atoms with Crippen LogP contribution in [0.1, 0.15) is 57.2 Å². The van der Waals surface area contributed by atoms with Gasteiger partial charge in [0.05, 0.1) is 0 Å². The maximum Gasteiger partial charge on any atom is 0.131 e. The molecule has 0 fully saturated rings. The number of aromatic nitrogens is 1. The van der Waals surface area contributed by atoms with E-state index in [1.54, 1.807) is 6.07 Å². The van der Waals surface area contributed by atoms with Crippen molar-refractivity contribution < 1.29 is 4.39 Å². The van der Waals surface area contributed by atoms with E-state index in [0.717, 1.165) is 53.6 Å². The van der Waals surface area contributed by atoms with Gasteiger partial charge in [-0.1, -0.05) is 75.6 Å². The lowest BCUT2D eigenvalue weighted by molar-refractivity contribution is 0.627. The molecule has 0 N–H and O–H groups in total. The van der Waals surface area contributed by atoms with Crippen LogP contribution in [-0.2, 0) is 12.8 Å². The van der Waals surface area contributed by atoms with Crippen LogP contribution < -0.4 is 0 Å². The van der Waals surface area contributed by atoms with Crippen LogP contribution in [0.25, 0.3) is 22.3 Å². The van der Waals surface area contributed by atoms with Gasteiger partial charge in [-0.05, 0) is 54.5 Å². The molecule has 0 amide bonds. The summed E-state index contributed by atoms with van der Waals surface area (Å²) in [6, 6.07) is 18.0. The maximum atomic E-state index is 14.5. The van der Waals surface area contributed by atoms with Gasteiger partial charge in [0.2, 0.25) is 0 Å². The lowest BCUT2D eigenvalue weighted by Gasteiger charge is -2.08. The topological polar surface area (TPSA) is 12.9 Å². The molecule has 0 spiro atoms. The Kier molecular flexibility index (Phi) is 7.36. The van der Waals surface area contributed by atoms with Crippen LogP contribution in [0.2, 0.25) is 0 Å². The second-order valence-corrected chi connectivity index (χ2v) is 7.49. The standard InChI is InChI=1S/C26H30FN/c1-3-5-7-9-24-16-15-23(19-28-24)21-11-13-22(14-12-21)25-17-10-20(8-6-4-2)18-26(25)27/h10-19H,3-9H2,1-2H3. The Morgan fingerprint density at radius 1 is 0.714 bits per heavy atom. The van der Waals surface area contributed by atoms with Gasteiger partial charge in [0, 0.05) is 23.0 Å². The number of hydrogen-bond donors (Lipinski definition) is 0. The summed E-state index contributed by atoms with van der Waals surface area (Å²) in [6.45, 7) is 4.37. The maximum absolute atomic E-state index is 14.5. The van der Waals surface area contributed by atoms with Crippen molar-refractivity contribution in [2.24, 2.45) is 0 Å². The Bertz CT molecular complexity index is 866. The molecule has 0 bridgehead atoms. The fourth-order valence-corrected chi connectivity index (χ4v) is 3.47. The van der Waals surface area contributed by atoms with E-state index in [1.807, 2.05) is 42.6 Å². The molecule has 0 unspecified atom stereocenters. The quantitative estimate of drug-likeness (QED) is 0.350. The van der Waals surface area contributed by atoms with Crippen molar-refractivity contribution >= 4 is 0 Å². The SMILES string of the molecule is CCCCCc1ccc(-c2ccc(-c3ccc(CCCC)cc3F)cc2)cn1. The normalized spacial score (nSPS) is 11.0. The molecular weight excluding hydrogens is 345 g/mol. The van der Waals surface area contributed by atoms with Crippen LogP contribution in [0.15, 0.2) is 60.8 Å². The number of hydrogen-bond acceptors (Lipinski definition) is 1. The molecule has 0 aliphatic carbocycles. The number of benzene rings is 2. The first-order valence-corrected chi connectivity index (χ1v) is 10.6. The van der Waals surface area contributed by atoms with Gasteiger partial charge in [0.25, 0.3) is 0 Å². The molecule has 0 saturated carbocycles. The minimum atomic E-state index is -0.139. The Morgan fingerprint density at radius 3 is 2.07 bits per heavy atom. The summed E-state index contributed by atoms with van der Waals surface area (Å²) in [5.41, 5.74) is 6.00. The van der Waals surface area contributed by atoms with Gasteiger partial charge in [-0.25, -0.2) is 4.39 Å². The Morgan fingerprint density at radius 2 is 1.43 bits per heavy atom. The van der Waals surface area contributed by atoms with Gasteiger partial charge in [-0.3, -0.25) is 4.98 Å². The van der Waals surface area contributed by atoms with E-state index in [-0.39, 0.29) is 5.82 Å². The lowest BCUT2D eigenvalue weighted by atomic mass is 9.98. The van der Waals surface area contributed by atoms with Crippen LogP contribution in [0.3, 0.4) is 0 Å². The van der Waals surface area contributed by atoms with Crippen LogP contribution in [0.5, 0.6) is 0 Å². The fourth-order valence-electron chi connectivity index (χ4n) is 3.47. The Hall–Kier alpha value is -2.48. The molecule has 146 valence electrons. The summed E-state index contributed by atoms with van der Waals surface area (Å²) < 4.78 is 14.5. The number of unbranched alkanes of at least 4 members (excludes halogenated alkanes) is 3. The number of pyridine rings is 1. The highest BCUT2D eigenvalue weighted by Gasteiger charge is 2.07. The molecule has 2 aromatic carbocycles. The lowest BCUT2D eigenvalue weighted by Crippen LogP contribution is -1.91. The highest BCUT2D eigenvalue weighted by Crippen LogP contribution is 2.27. The zero-order valence-electron chi connectivity index (χ0n) is 17.0. The van der Waals surface area contributed by atoms with Crippen LogP contribution >= 0.6 is 0 Å². The highest BCUT2D eigenvalue weighted by atomic mass is 19.1. The molecule has 28 heavy (non-hydrogen) atoms. The minimum Gasteiger partial charge on any atom is -0.261 e. The van der Waals surface area contributed by atoms with Crippen LogP contribution in [0.4, 0.5) is 4.39 Å². The molecule has 3 aromatic rings. The van der Waals surface area contributed by atoms with Crippen molar-refractivity contribution in [1.82, 2.24) is 4.98 Å². The first-order valence-electron chi connectivity index (χ1n) is 10.6. The number of aryl methyl sites for hydroxylation is 2. The second-order valence-electron chi connectivity index (χ2n) is 7.49. The summed E-state index contributed by atoms with van der Waals surface area (Å²) in [6.07, 6.45) is 9.82. The summed E-state index contributed by atoms with van der Waals surface area (Å²) in [7, 11) is 0. The predicted octanol–water partition coefficient (Wildman–Crippen LogP) is 7.63. The first-order chi connectivity index (χ1) is 13.7. The summed E-state index contributed by atoms with van der Waals surface area (Å²) in [4.78, 5) is 4.60. The van der Waals surface area contributed by atoms with Crippen LogP contribution in [-0.4, -0.2) is 4.98 Å². The molecule has 0 aliphatic heterocycles. The van der Waals surface area contributed by atoms with Crippen molar-refractivity contribution in [3.8, 4) is 22.3 Å². The highest BCUT2D eigenvalue weighted by molar-refractivity contribution is 5.70. The Balaban J connectivity index is 1.71. The Labute approximate surface area is 168 Å². The van der Waals surface area contributed by atoms with E-state index >= 15 is 0 Å². The van der Waals surface area contributed by atoms with E-state index in [9.17, 15) is 4.39 Å². The predicted molar refractivity (Wildman–Crippen MR) is 117 cm³/mol. The van der Waals surface area contributed by atoms with Gasteiger partial charge in [0.15, 0.2) is 0 Å². The zero-order chi connectivity index (χ0) is 19.8. The molecule has 2 heteroatoms. The van der Waals surface area contributed by atoms with E-state index in [0.29, 0.717) is 5.56 Å². The average Bonchev–Trinajstić information content (AvgIpc) is 2.73. The molecule has 0 atom stereocenters. The van der Waals surface area contributed by atoms with Crippen LogP contribution in [0, 0.1) is 5.82 Å². The third kappa shape index (κ3) is 5.28. The molecule has 0 aliphatic rings. The second kappa shape index (κ2) is 10.2. The molecular formula is C26H30FN. The van der Waals surface area contributed by atoms with Crippen molar-refractivity contribution in [3.63, 3.8) is 0 Å². The van der Waals surface area contributed by atoms with Crippen molar-refractivity contribution in [3.05, 3.63) is 77.9 Å². The number of halogens is 1. The van der Waals surface area contributed by atoms with E-state index in [4.69, 9.17) is 0 Å². The minimum absolute atomic E-state index is 0.139. The largest absolute Gasteiger partial charge is 0.261 e. The number of rotatable bonds is 9. The molecule has 1 aromatic heterocycles. The third-order valence-corrected chi connectivity index (χ3v) is 5.24. The summed E-state index contributed by atoms with van der Waals surface area (Å²) in [5.74, 6) is -0.139. The number of nitrogens with zero attached hydrogens (tertiary/aromatic N) is 1. The van der Waals surface area contributed by atoms with Gasteiger partial charge >= 0.3 is 0 Å². The molecule has 0 radical (unpaired) electrons. The van der Waals surface area contributed by atoms with Crippen molar-refractivity contribution in [2.75, 3.05) is 0 Å². The fraction of sp³-hybridized carbons (Fsp3) is 0.346. The van der Waals surface area contributed by atoms with Gasteiger partial charge < -0.3 is 0 Å². The van der Waals surface area contributed by atoms with Gasteiger partial charge in [0.1, 0.15) is 5.82 Å². The van der Waals surface area contributed by atoms with Crippen molar-refractivity contribution in [2.45, 2.75) is 58.8 Å². The van der Waals surface area contributed by atoms with Gasteiger partial charge in [-0.15, -0.1) is 0 Å². The van der Waals surface area contributed by atoms with Crippen molar-refractivity contribution in [1.29, 1.82) is 0 Å². The molecule has 3 rings (SSSR count). The van der Waals surface area contributed by atoms with E-state index in [1.165, 1.54) is 19.3 Å². The summed E-state index contributed by atoms with van der Waals surface area (Å²) in [5, 5.41) is 0. The van der Waals surface area contributed by atoms with E-state index in [2.05, 4.69) is 31.0 Å². The molecule has 1 nitrogen and oxygen atoms in total.